The summed E-state index contributed by atoms with van der Waals surface area (Å²) in [6.07, 6.45) is 2.85. The molecule has 0 saturated carbocycles. The van der Waals surface area contributed by atoms with Crippen LogP contribution in [0.5, 0.6) is 0 Å². The van der Waals surface area contributed by atoms with E-state index in [2.05, 4.69) is 23.8 Å². The van der Waals surface area contributed by atoms with Gasteiger partial charge in [0, 0.05) is 13.1 Å². The highest BCUT2D eigenvalue weighted by Gasteiger charge is 2.11. The molecule has 0 atom stereocenters. The first kappa shape index (κ1) is 12.4. The molecule has 0 aromatic carbocycles. The summed E-state index contributed by atoms with van der Waals surface area (Å²) in [5.41, 5.74) is -0.0142. The lowest BCUT2D eigenvalue weighted by atomic mass is 10.2. The number of nitrogens with zero attached hydrogens (tertiary/aromatic N) is 3. The van der Waals surface area contributed by atoms with E-state index < -0.39 is 5.97 Å². The maximum atomic E-state index is 10.8. The van der Waals surface area contributed by atoms with Crippen molar-refractivity contribution in [3.8, 4) is 0 Å². The van der Waals surface area contributed by atoms with Crippen molar-refractivity contribution in [1.29, 1.82) is 0 Å². The predicted octanol–water partition coefficient (Wildman–Crippen LogP) is 1.66. The smallest absolute Gasteiger partial charge is 0.356 e. The molecule has 1 aromatic heterocycles. The Morgan fingerprint density at radius 2 is 2.19 bits per heavy atom. The van der Waals surface area contributed by atoms with Crippen LogP contribution in [0.1, 0.15) is 31.3 Å². The van der Waals surface area contributed by atoms with Gasteiger partial charge in [-0.1, -0.05) is 13.8 Å². The van der Waals surface area contributed by atoms with Gasteiger partial charge in [0.05, 0.1) is 12.4 Å². The Hall–Kier alpha value is -1.65. The van der Waals surface area contributed by atoms with Crippen molar-refractivity contribution in [2.75, 3.05) is 18.0 Å². The summed E-state index contributed by atoms with van der Waals surface area (Å²) in [6.45, 7) is 7.86. The molecule has 5 nitrogen and oxygen atoms in total. The first-order chi connectivity index (χ1) is 7.54. The van der Waals surface area contributed by atoms with E-state index in [1.54, 1.807) is 6.20 Å². The molecule has 0 amide bonds. The van der Waals surface area contributed by atoms with Gasteiger partial charge < -0.3 is 10.0 Å². The Morgan fingerprint density at radius 1 is 1.50 bits per heavy atom. The van der Waals surface area contributed by atoms with E-state index in [1.807, 2.05) is 11.8 Å². The van der Waals surface area contributed by atoms with E-state index in [0.29, 0.717) is 11.7 Å². The summed E-state index contributed by atoms with van der Waals surface area (Å²) in [5.74, 6) is 0.0706. The van der Waals surface area contributed by atoms with Crippen molar-refractivity contribution >= 4 is 11.8 Å². The molecule has 0 aliphatic heterocycles. The fourth-order valence-electron chi connectivity index (χ4n) is 1.44. The largest absolute Gasteiger partial charge is 0.476 e. The molecule has 0 fully saturated rings. The van der Waals surface area contributed by atoms with Gasteiger partial charge in [-0.05, 0) is 12.8 Å². The quantitative estimate of drug-likeness (QED) is 0.822. The molecule has 1 heterocycles. The zero-order valence-electron chi connectivity index (χ0n) is 9.84. The Morgan fingerprint density at radius 3 is 2.69 bits per heavy atom. The third-order valence-corrected chi connectivity index (χ3v) is 2.13. The number of hydrogen-bond acceptors (Lipinski definition) is 4. The van der Waals surface area contributed by atoms with Gasteiger partial charge in [-0.25, -0.2) is 9.78 Å². The molecule has 0 saturated heterocycles. The van der Waals surface area contributed by atoms with Crippen LogP contribution >= 0.6 is 0 Å². The van der Waals surface area contributed by atoms with Crippen LogP contribution in [-0.2, 0) is 0 Å². The molecule has 0 aliphatic rings. The summed E-state index contributed by atoms with van der Waals surface area (Å²) in [5, 5.41) is 8.82. The molecular formula is C11H17N3O2. The number of carboxylic acids is 1. The lowest BCUT2D eigenvalue weighted by molar-refractivity contribution is 0.0690. The zero-order valence-corrected chi connectivity index (χ0v) is 9.84. The maximum Gasteiger partial charge on any atom is 0.356 e. The highest BCUT2D eigenvalue weighted by atomic mass is 16.4. The van der Waals surface area contributed by atoms with E-state index in [1.165, 1.54) is 6.20 Å². The summed E-state index contributed by atoms with van der Waals surface area (Å²) in [6, 6.07) is 0. The Bertz CT molecular complexity index is 366. The van der Waals surface area contributed by atoms with Crippen molar-refractivity contribution in [3.63, 3.8) is 0 Å². The molecule has 88 valence electrons. The minimum Gasteiger partial charge on any atom is -0.476 e. The van der Waals surface area contributed by atoms with Gasteiger partial charge in [-0.2, -0.15) is 0 Å². The zero-order chi connectivity index (χ0) is 12.1. The van der Waals surface area contributed by atoms with Gasteiger partial charge in [-0.15, -0.1) is 0 Å². The first-order valence-electron chi connectivity index (χ1n) is 5.34. The molecule has 0 spiro atoms. The summed E-state index contributed by atoms with van der Waals surface area (Å²) >= 11 is 0. The monoisotopic (exact) mass is 223 g/mol. The van der Waals surface area contributed by atoms with E-state index >= 15 is 0 Å². The van der Waals surface area contributed by atoms with Gasteiger partial charge in [0.25, 0.3) is 0 Å². The first-order valence-corrected chi connectivity index (χ1v) is 5.34. The van der Waals surface area contributed by atoms with Gasteiger partial charge in [-0.3, -0.25) is 4.98 Å². The summed E-state index contributed by atoms with van der Waals surface area (Å²) in [4.78, 5) is 20.7. The lowest BCUT2D eigenvalue weighted by Gasteiger charge is -2.23. The Kier molecular flexibility index (Phi) is 4.22. The van der Waals surface area contributed by atoms with Crippen LogP contribution in [0.15, 0.2) is 12.4 Å². The number of carbonyl (C=O) groups is 1. The lowest BCUT2D eigenvalue weighted by Crippen LogP contribution is -2.28. The third-order valence-electron chi connectivity index (χ3n) is 2.13. The highest BCUT2D eigenvalue weighted by Crippen LogP contribution is 2.11. The number of aromatic carboxylic acids is 1. The Balaban J connectivity index is 2.92. The van der Waals surface area contributed by atoms with E-state index in [9.17, 15) is 4.79 Å². The van der Waals surface area contributed by atoms with Crippen LogP contribution in [0.25, 0.3) is 0 Å². The summed E-state index contributed by atoms with van der Waals surface area (Å²) < 4.78 is 0. The summed E-state index contributed by atoms with van der Waals surface area (Å²) in [7, 11) is 0. The van der Waals surface area contributed by atoms with Crippen LogP contribution in [0.4, 0.5) is 5.82 Å². The van der Waals surface area contributed by atoms with E-state index in [0.717, 1.165) is 13.1 Å². The second-order valence-electron chi connectivity index (χ2n) is 4.00. The number of hydrogen-bond donors (Lipinski definition) is 1. The fraction of sp³-hybridized carbons (Fsp3) is 0.545. The number of aromatic nitrogens is 2. The Labute approximate surface area is 95.1 Å². The second-order valence-corrected chi connectivity index (χ2v) is 4.00. The molecule has 0 unspecified atom stereocenters. The molecule has 0 aliphatic carbocycles. The molecule has 0 radical (unpaired) electrons. The molecule has 1 aromatic rings. The predicted molar refractivity (Wildman–Crippen MR) is 61.7 cm³/mol. The van der Waals surface area contributed by atoms with Crippen LogP contribution in [0.2, 0.25) is 0 Å². The van der Waals surface area contributed by atoms with Gasteiger partial charge >= 0.3 is 5.97 Å². The van der Waals surface area contributed by atoms with Crippen molar-refractivity contribution in [2.45, 2.75) is 20.8 Å². The van der Waals surface area contributed by atoms with E-state index in [4.69, 9.17) is 5.11 Å². The molecular weight excluding hydrogens is 206 g/mol. The SMILES string of the molecule is CCN(CC(C)C)c1cncc(C(=O)O)n1. The van der Waals surface area contributed by atoms with E-state index in [-0.39, 0.29) is 5.69 Å². The molecule has 16 heavy (non-hydrogen) atoms. The van der Waals surface area contributed by atoms with Crippen molar-refractivity contribution in [3.05, 3.63) is 18.1 Å². The van der Waals surface area contributed by atoms with Gasteiger partial charge in [0.15, 0.2) is 5.69 Å². The maximum absolute atomic E-state index is 10.8. The normalized spacial score (nSPS) is 10.5. The molecule has 1 N–H and O–H groups in total. The number of carboxylic acid groups (broad SMARTS) is 1. The molecule has 5 heteroatoms. The topological polar surface area (TPSA) is 66.3 Å². The molecule has 0 bridgehead atoms. The average molecular weight is 223 g/mol. The fourth-order valence-corrected chi connectivity index (χ4v) is 1.44. The van der Waals surface area contributed by atoms with Crippen molar-refractivity contribution in [2.24, 2.45) is 5.92 Å². The minimum atomic E-state index is -1.05. The van der Waals surface area contributed by atoms with Gasteiger partial charge in [0.2, 0.25) is 0 Å². The van der Waals surface area contributed by atoms with Crippen LogP contribution < -0.4 is 4.90 Å². The van der Waals surface area contributed by atoms with Crippen molar-refractivity contribution < 1.29 is 9.90 Å². The van der Waals surface area contributed by atoms with Crippen LogP contribution in [-0.4, -0.2) is 34.1 Å². The number of anilines is 1. The highest BCUT2D eigenvalue weighted by molar-refractivity contribution is 5.85. The van der Waals surface area contributed by atoms with Crippen LogP contribution in [0.3, 0.4) is 0 Å². The van der Waals surface area contributed by atoms with Gasteiger partial charge in [0.1, 0.15) is 5.82 Å². The third kappa shape index (κ3) is 3.18. The molecule has 1 rings (SSSR count). The van der Waals surface area contributed by atoms with Crippen LogP contribution in [0, 0.1) is 5.92 Å². The van der Waals surface area contributed by atoms with Crippen molar-refractivity contribution in [1.82, 2.24) is 9.97 Å². The average Bonchev–Trinajstić information content (AvgIpc) is 2.25. The standard InChI is InChI=1S/C11H17N3O2/c1-4-14(7-8(2)3)10-6-12-5-9(13-10)11(15)16/h5-6,8H,4,7H2,1-3H3,(H,15,16). The number of rotatable bonds is 5. The minimum absolute atomic E-state index is 0.0142. The second kappa shape index (κ2) is 5.44.